The molecule has 0 aromatic rings. The first-order valence-electron chi connectivity index (χ1n) is 3.78. The van der Waals surface area contributed by atoms with Crippen LogP contribution in [0.15, 0.2) is 0 Å². The Morgan fingerprint density at radius 3 is 2.83 bits per heavy atom. The third-order valence-electron chi connectivity index (χ3n) is 1.80. The van der Waals surface area contributed by atoms with Crippen molar-refractivity contribution in [2.75, 3.05) is 0 Å². The smallest absolute Gasteiger partial charge is 0.407 e. The van der Waals surface area contributed by atoms with E-state index < -0.39 is 12.1 Å². The molecule has 1 saturated heterocycles. The Kier molecular flexibility index (Phi) is 2.52. The third-order valence-corrected chi connectivity index (χ3v) is 1.80. The van der Waals surface area contributed by atoms with E-state index in [1.165, 1.54) is 0 Å². The Labute approximate surface area is 69.7 Å². The number of carboxylic acids is 1. The van der Waals surface area contributed by atoms with Crippen LogP contribution in [0.4, 0.5) is 4.79 Å². The van der Waals surface area contributed by atoms with Gasteiger partial charge in [0.25, 0.3) is 0 Å². The van der Waals surface area contributed by atoms with Crippen molar-refractivity contribution in [1.29, 1.82) is 0 Å². The molecule has 1 amide bonds. The lowest BCUT2D eigenvalue weighted by Crippen LogP contribution is -2.28. The number of cyclic esters (lactones) is 1. The zero-order valence-electron chi connectivity index (χ0n) is 6.74. The summed E-state index contributed by atoms with van der Waals surface area (Å²) in [4.78, 5) is 20.8. The fourth-order valence-electron chi connectivity index (χ4n) is 1.13. The summed E-state index contributed by atoms with van der Waals surface area (Å²) in [5.74, 6) is -0.870. The van der Waals surface area contributed by atoms with Gasteiger partial charge < -0.3 is 15.2 Å². The topological polar surface area (TPSA) is 75.6 Å². The van der Waals surface area contributed by atoms with Crippen LogP contribution in [0.25, 0.3) is 0 Å². The van der Waals surface area contributed by atoms with E-state index in [1.807, 2.05) is 0 Å². The highest BCUT2D eigenvalue weighted by atomic mass is 16.6. The first-order chi connectivity index (χ1) is 5.59. The second-order valence-corrected chi connectivity index (χ2v) is 2.81. The van der Waals surface area contributed by atoms with E-state index >= 15 is 0 Å². The fourth-order valence-corrected chi connectivity index (χ4v) is 1.13. The Morgan fingerprint density at radius 1 is 1.75 bits per heavy atom. The van der Waals surface area contributed by atoms with Crippen molar-refractivity contribution in [3.05, 3.63) is 0 Å². The predicted molar refractivity (Wildman–Crippen MR) is 39.7 cm³/mol. The van der Waals surface area contributed by atoms with Crippen molar-refractivity contribution < 1.29 is 19.4 Å². The summed E-state index contributed by atoms with van der Waals surface area (Å²) in [6, 6.07) is -0.0863. The lowest BCUT2D eigenvalue weighted by atomic mass is 10.1. The van der Waals surface area contributed by atoms with Gasteiger partial charge in [-0.25, -0.2) is 4.79 Å². The molecule has 2 N–H and O–H groups in total. The van der Waals surface area contributed by atoms with E-state index in [1.54, 1.807) is 6.92 Å². The van der Waals surface area contributed by atoms with Gasteiger partial charge in [-0.2, -0.15) is 0 Å². The lowest BCUT2D eigenvalue weighted by Gasteiger charge is -2.10. The summed E-state index contributed by atoms with van der Waals surface area (Å²) < 4.78 is 4.81. The maximum absolute atomic E-state index is 10.6. The summed E-state index contributed by atoms with van der Waals surface area (Å²) in [6.45, 7) is 1.79. The molecule has 12 heavy (non-hydrogen) atoms. The molecule has 2 atom stereocenters. The van der Waals surface area contributed by atoms with Gasteiger partial charge >= 0.3 is 12.1 Å². The monoisotopic (exact) mass is 173 g/mol. The molecule has 0 aliphatic carbocycles. The highest BCUT2D eigenvalue weighted by molar-refractivity contribution is 5.70. The van der Waals surface area contributed by atoms with Gasteiger partial charge in [0.05, 0.1) is 6.04 Å². The molecule has 5 heteroatoms. The van der Waals surface area contributed by atoms with E-state index in [0.29, 0.717) is 6.42 Å². The van der Waals surface area contributed by atoms with Gasteiger partial charge in [-0.3, -0.25) is 4.79 Å². The number of nitrogens with one attached hydrogen (secondary N) is 1. The average molecular weight is 173 g/mol. The molecule has 5 nitrogen and oxygen atoms in total. The van der Waals surface area contributed by atoms with E-state index in [0.717, 1.165) is 0 Å². The van der Waals surface area contributed by atoms with E-state index in [4.69, 9.17) is 9.84 Å². The first-order valence-corrected chi connectivity index (χ1v) is 3.78. The number of aliphatic carboxylic acids is 1. The van der Waals surface area contributed by atoms with Crippen molar-refractivity contribution >= 4 is 12.1 Å². The summed E-state index contributed by atoms with van der Waals surface area (Å²) in [6.07, 6.45) is -0.356. The molecule has 0 bridgehead atoms. The number of alkyl carbamates (subject to hydrolysis) is 1. The number of hydrogen-bond donors (Lipinski definition) is 2. The standard InChI is InChI=1S/C7H11NO4/c1-4-5(2-3-6(9)10)12-7(11)8-4/h4-5H,2-3H2,1H3,(H,8,11)(H,9,10)/t4-,5-/m1/s1. The SMILES string of the molecule is C[C@H]1NC(=O)O[C@@H]1CCC(=O)O. The van der Waals surface area contributed by atoms with Crippen LogP contribution in [0.3, 0.4) is 0 Å². The first kappa shape index (κ1) is 8.83. The molecule has 0 saturated carbocycles. The zero-order chi connectivity index (χ0) is 9.14. The molecular weight excluding hydrogens is 162 g/mol. The number of rotatable bonds is 3. The Bertz CT molecular complexity index is 204. The van der Waals surface area contributed by atoms with Crippen LogP contribution in [0.1, 0.15) is 19.8 Å². The molecule has 68 valence electrons. The van der Waals surface area contributed by atoms with Crippen molar-refractivity contribution in [1.82, 2.24) is 5.32 Å². The molecule has 0 aromatic heterocycles. The van der Waals surface area contributed by atoms with Crippen molar-refractivity contribution in [2.45, 2.75) is 31.9 Å². The van der Waals surface area contributed by atoms with Crippen molar-refractivity contribution in [2.24, 2.45) is 0 Å². The predicted octanol–water partition coefficient (Wildman–Crippen LogP) is 0.348. The number of carbonyl (C=O) groups excluding carboxylic acids is 1. The van der Waals surface area contributed by atoms with Crippen molar-refractivity contribution in [3.8, 4) is 0 Å². The normalized spacial score (nSPS) is 27.9. The quantitative estimate of drug-likeness (QED) is 0.645. The van der Waals surface area contributed by atoms with Gasteiger partial charge in [-0.15, -0.1) is 0 Å². The minimum atomic E-state index is -0.870. The van der Waals surface area contributed by atoms with E-state index in [-0.39, 0.29) is 18.6 Å². The zero-order valence-corrected chi connectivity index (χ0v) is 6.74. The Morgan fingerprint density at radius 2 is 2.42 bits per heavy atom. The van der Waals surface area contributed by atoms with Crippen LogP contribution >= 0.6 is 0 Å². The Balaban J connectivity index is 2.33. The molecule has 1 fully saturated rings. The number of amides is 1. The number of carbonyl (C=O) groups is 2. The maximum Gasteiger partial charge on any atom is 0.407 e. The summed E-state index contributed by atoms with van der Waals surface area (Å²) in [5, 5.41) is 10.9. The molecule has 1 heterocycles. The van der Waals surface area contributed by atoms with Gasteiger partial charge in [0.2, 0.25) is 0 Å². The molecule has 0 radical (unpaired) electrons. The number of hydrogen-bond acceptors (Lipinski definition) is 3. The largest absolute Gasteiger partial charge is 0.481 e. The van der Waals surface area contributed by atoms with Gasteiger partial charge in [0, 0.05) is 6.42 Å². The second kappa shape index (κ2) is 3.42. The van der Waals surface area contributed by atoms with Gasteiger partial charge in [-0.05, 0) is 13.3 Å². The summed E-state index contributed by atoms with van der Waals surface area (Å²) in [7, 11) is 0. The average Bonchev–Trinajstić information content (AvgIpc) is 2.26. The molecule has 1 rings (SSSR count). The Hall–Kier alpha value is -1.26. The van der Waals surface area contributed by atoms with Crippen LogP contribution in [0.5, 0.6) is 0 Å². The number of ether oxygens (including phenoxy) is 1. The van der Waals surface area contributed by atoms with E-state index in [9.17, 15) is 9.59 Å². The van der Waals surface area contributed by atoms with E-state index in [2.05, 4.69) is 5.32 Å². The van der Waals surface area contributed by atoms with Gasteiger partial charge in [0.15, 0.2) is 0 Å². The third kappa shape index (κ3) is 2.11. The van der Waals surface area contributed by atoms with Gasteiger partial charge in [-0.1, -0.05) is 0 Å². The molecule has 0 unspecified atom stereocenters. The summed E-state index contributed by atoms with van der Waals surface area (Å²) in [5.41, 5.74) is 0. The summed E-state index contributed by atoms with van der Waals surface area (Å²) >= 11 is 0. The van der Waals surface area contributed by atoms with Crippen molar-refractivity contribution in [3.63, 3.8) is 0 Å². The fraction of sp³-hybridized carbons (Fsp3) is 0.714. The highest BCUT2D eigenvalue weighted by Crippen LogP contribution is 2.13. The molecule has 0 spiro atoms. The molecule has 1 aliphatic rings. The molecule has 1 aliphatic heterocycles. The van der Waals surface area contributed by atoms with Crippen LogP contribution in [-0.4, -0.2) is 29.3 Å². The number of carboxylic acid groups (broad SMARTS) is 1. The van der Waals surface area contributed by atoms with Crippen LogP contribution in [0, 0.1) is 0 Å². The van der Waals surface area contributed by atoms with Crippen LogP contribution in [-0.2, 0) is 9.53 Å². The lowest BCUT2D eigenvalue weighted by molar-refractivity contribution is -0.137. The minimum absolute atomic E-state index is 0.0317. The molecular formula is C7H11NO4. The minimum Gasteiger partial charge on any atom is -0.481 e. The second-order valence-electron chi connectivity index (χ2n) is 2.81. The highest BCUT2D eigenvalue weighted by Gasteiger charge is 2.30. The van der Waals surface area contributed by atoms with Crippen LogP contribution < -0.4 is 5.32 Å². The molecule has 0 aromatic carbocycles. The maximum atomic E-state index is 10.6. The van der Waals surface area contributed by atoms with Gasteiger partial charge in [0.1, 0.15) is 6.10 Å². The van der Waals surface area contributed by atoms with Crippen LogP contribution in [0.2, 0.25) is 0 Å².